The lowest BCUT2D eigenvalue weighted by atomic mass is 10.2. The Morgan fingerprint density at radius 1 is 1.57 bits per heavy atom. The first kappa shape index (κ1) is 13.6. The van der Waals surface area contributed by atoms with Crippen molar-refractivity contribution in [1.82, 2.24) is 5.32 Å². The van der Waals surface area contributed by atoms with Crippen molar-refractivity contribution in [1.29, 1.82) is 0 Å². The van der Waals surface area contributed by atoms with Gasteiger partial charge in [0.2, 0.25) is 5.91 Å². The summed E-state index contributed by atoms with van der Waals surface area (Å²) in [6.07, 6.45) is 3.21. The molecule has 0 aromatic rings. The van der Waals surface area contributed by atoms with Gasteiger partial charge in [-0.2, -0.15) is 0 Å². The predicted molar refractivity (Wildman–Crippen MR) is 59.4 cm³/mol. The zero-order chi connectivity index (χ0) is 11.1. The average Bonchev–Trinajstić information content (AvgIpc) is 2.13. The Morgan fingerprint density at radius 2 is 2.14 bits per heavy atom. The van der Waals surface area contributed by atoms with E-state index in [-0.39, 0.29) is 11.2 Å². The summed E-state index contributed by atoms with van der Waals surface area (Å²) in [4.78, 5) is 11.3. The van der Waals surface area contributed by atoms with Gasteiger partial charge in [0.1, 0.15) is 0 Å². The van der Waals surface area contributed by atoms with Gasteiger partial charge in [-0.05, 0) is 13.3 Å². The fourth-order valence-electron chi connectivity index (χ4n) is 0.935. The second kappa shape index (κ2) is 6.95. The number of nitrogens with one attached hydrogen (secondary N) is 1. The van der Waals surface area contributed by atoms with E-state index in [1.54, 1.807) is 6.26 Å². The van der Waals surface area contributed by atoms with E-state index in [0.29, 0.717) is 13.0 Å². The number of carbonyl (C=O) groups is 1. The molecule has 0 fully saturated rings. The summed E-state index contributed by atoms with van der Waals surface area (Å²) >= 11 is 0. The van der Waals surface area contributed by atoms with Crippen molar-refractivity contribution in [2.75, 3.05) is 12.8 Å². The third-order valence-corrected chi connectivity index (χ3v) is 3.37. The Morgan fingerprint density at radius 3 is 2.57 bits per heavy atom. The van der Waals surface area contributed by atoms with E-state index in [1.807, 2.05) is 13.8 Å². The van der Waals surface area contributed by atoms with Crippen LogP contribution in [-0.4, -0.2) is 34.2 Å². The highest BCUT2D eigenvalue weighted by Gasteiger charge is 2.13. The summed E-state index contributed by atoms with van der Waals surface area (Å²) in [5.41, 5.74) is 5.60. The zero-order valence-electron chi connectivity index (χ0n) is 9.08. The quantitative estimate of drug-likeness (QED) is 0.661. The molecule has 4 nitrogen and oxygen atoms in total. The van der Waals surface area contributed by atoms with Crippen molar-refractivity contribution in [2.45, 2.75) is 38.0 Å². The maximum atomic E-state index is 11.3. The van der Waals surface area contributed by atoms with Gasteiger partial charge in [-0.25, -0.2) is 0 Å². The molecule has 3 N–H and O–H groups in total. The van der Waals surface area contributed by atoms with Crippen molar-refractivity contribution in [3.8, 4) is 0 Å². The molecule has 0 saturated carbocycles. The smallest absolute Gasteiger partial charge is 0.236 e. The molecule has 0 aliphatic heterocycles. The van der Waals surface area contributed by atoms with Crippen LogP contribution in [0.1, 0.15) is 26.7 Å². The predicted octanol–water partition coefficient (Wildman–Crippen LogP) is -0.00300. The average molecular weight is 220 g/mol. The molecule has 0 aliphatic carbocycles. The normalized spacial score (nSPS) is 17.1. The third-order valence-electron chi connectivity index (χ3n) is 2.07. The van der Waals surface area contributed by atoms with Crippen LogP contribution in [-0.2, 0) is 15.6 Å². The molecule has 2 unspecified atom stereocenters. The van der Waals surface area contributed by atoms with Gasteiger partial charge in [0.15, 0.2) is 0 Å². The Bertz CT molecular complexity index is 209. The van der Waals surface area contributed by atoms with Gasteiger partial charge >= 0.3 is 0 Å². The van der Waals surface area contributed by atoms with Crippen LogP contribution < -0.4 is 11.1 Å². The number of amides is 1. The fourth-order valence-corrected chi connectivity index (χ4v) is 1.25. The highest BCUT2D eigenvalue weighted by atomic mass is 32.2. The molecule has 84 valence electrons. The molecular formula is C9H20N2O2S. The molecule has 5 heteroatoms. The van der Waals surface area contributed by atoms with Crippen LogP contribution in [0.25, 0.3) is 0 Å². The molecule has 1 amide bonds. The molecule has 0 spiro atoms. The van der Waals surface area contributed by atoms with Gasteiger partial charge in [0.25, 0.3) is 0 Å². The van der Waals surface area contributed by atoms with Gasteiger partial charge in [-0.3, -0.25) is 9.00 Å². The van der Waals surface area contributed by atoms with Crippen molar-refractivity contribution in [2.24, 2.45) is 5.73 Å². The van der Waals surface area contributed by atoms with Crippen molar-refractivity contribution in [3.05, 3.63) is 0 Å². The third kappa shape index (κ3) is 5.34. The summed E-state index contributed by atoms with van der Waals surface area (Å²) in [5, 5.41) is 2.67. The first-order valence-electron chi connectivity index (χ1n) is 4.84. The first-order chi connectivity index (χ1) is 6.49. The molecule has 0 saturated heterocycles. The lowest BCUT2D eigenvalue weighted by Crippen LogP contribution is -2.43. The SMILES string of the molecule is CCC[C@H](N)C(=O)NCC(C)S(C)=O. The van der Waals surface area contributed by atoms with E-state index in [2.05, 4.69) is 5.32 Å². The minimum atomic E-state index is -0.899. The van der Waals surface area contributed by atoms with Crippen LogP contribution in [0.5, 0.6) is 0 Å². The van der Waals surface area contributed by atoms with Crippen LogP contribution in [0, 0.1) is 0 Å². The van der Waals surface area contributed by atoms with Gasteiger partial charge < -0.3 is 11.1 Å². The van der Waals surface area contributed by atoms with E-state index in [9.17, 15) is 9.00 Å². The molecule has 0 aromatic carbocycles. The van der Waals surface area contributed by atoms with Crippen LogP contribution in [0.4, 0.5) is 0 Å². The Balaban J connectivity index is 3.78. The lowest BCUT2D eigenvalue weighted by molar-refractivity contribution is -0.122. The number of hydrogen-bond donors (Lipinski definition) is 2. The van der Waals surface area contributed by atoms with E-state index in [1.165, 1.54) is 0 Å². The van der Waals surface area contributed by atoms with Crippen LogP contribution in [0.2, 0.25) is 0 Å². The first-order valence-corrected chi connectivity index (χ1v) is 6.46. The molecule has 14 heavy (non-hydrogen) atoms. The molecule has 0 aromatic heterocycles. The number of rotatable bonds is 6. The fraction of sp³-hybridized carbons (Fsp3) is 0.889. The summed E-state index contributed by atoms with van der Waals surface area (Å²) in [6.45, 7) is 4.25. The highest BCUT2D eigenvalue weighted by molar-refractivity contribution is 7.84. The van der Waals surface area contributed by atoms with Gasteiger partial charge in [0.05, 0.1) is 6.04 Å². The van der Waals surface area contributed by atoms with Gasteiger partial charge in [-0.1, -0.05) is 13.3 Å². The minimum Gasteiger partial charge on any atom is -0.354 e. The summed E-state index contributed by atoms with van der Waals surface area (Å²) in [7, 11) is -0.899. The topological polar surface area (TPSA) is 72.2 Å². The Hall–Kier alpha value is -0.420. The van der Waals surface area contributed by atoms with Crippen molar-refractivity contribution >= 4 is 16.7 Å². The maximum Gasteiger partial charge on any atom is 0.236 e. The standard InChI is InChI=1S/C9H20N2O2S/c1-4-5-8(10)9(12)11-6-7(2)14(3)13/h7-8H,4-6,10H2,1-3H3,(H,11,12)/t7?,8-,14?/m0/s1. The lowest BCUT2D eigenvalue weighted by Gasteiger charge is -2.13. The van der Waals surface area contributed by atoms with Gasteiger partial charge in [0, 0.05) is 28.9 Å². The van der Waals surface area contributed by atoms with Gasteiger partial charge in [-0.15, -0.1) is 0 Å². The molecular weight excluding hydrogens is 200 g/mol. The van der Waals surface area contributed by atoms with Crippen molar-refractivity contribution < 1.29 is 9.00 Å². The summed E-state index contributed by atoms with van der Waals surface area (Å²) in [6, 6.07) is -0.433. The number of nitrogens with two attached hydrogens (primary N) is 1. The van der Waals surface area contributed by atoms with E-state index >= 15 is 0 Å². The Labute approximate surface area is 88.1 Å². The molecule has 0 radical (unpaired) electrons. The highest BCUT2D eigenvalue weighted by Crippen LogP contribution is 1.94. The van der Waals surface area contributed by atoms with Crippen LogP contribution in [0.3, 0.4) is 0 Å². The molecule has 0 aliphatic rings. The molecule has 0 bridgehead atoms. The molecule has 3 atom stereocenters. The van der Waals surface area contributed by atoms with E-state index < -0.39 is 16.8 Å². The molecule has 0 heterocycles. The van der Waals surface area contributed by atoms with Crippen LogP contribution >= 0.6 is 0 Å². The van der Waals surface area contributed by atoms with Crippen molar-refractivity contribution in [3.63, 3.8) is 0 Å². The maximum absolute atomic E-state index is 11.3. The summed E-state index contributed by atoms with van der Waals surface area (Å²) < 4.78 is 11.0. The Kier molecular flexibility index (Phi) is 6.74. The van der Waals surface area contributed by atoms with E-state index in [0.717, 1.165) is 6.42 Å². The minimum absolute atomic E-state index is 0.0206. The number of carbonyl (C=O) groups excluding carboxylic acids is 1. The zero-order valence-corrected chi connectivity index (χ0v) is 9.89. The van der Waals surface area contributed by atoms with Crippen LogP contribution in [0.15, 0.2) is 0 Å². The second-order valence-corrected chi connectivity index (χ2v) is 5.25. The van der Waals surface area contributed by atoms with E-state index in [4.69, 9.17) is 5.73 Å². The largest absolute Gasteiger partial charge is 0.354 e. The summed E-state index contributed by atoms with van der Waals surface area (Å²) in [5.74, 6) is -0.149. The second-order valence-electron chi connectivity index (χ2n) is 3.45. The molecule has 0 rings (SSSR count). The number of hydrogen-bond acceptors (Lipinski definition) is 3. The monoisotopic (exact) mass is 220 g/mol.